The van der Waals surface area contributed by atoms with Crippen molar-refractivity contribution < 1.29 is 14.4 Å². The molecule has 0 saturated carbocycles. The number of rotatable bonds is 20. The topological polar surface area (TPSA) is 87.3 Å². The van der Waals surface area contributed by atoms with E-state index in [9.17, 15) is 14.4 Å². The third-order valence-corrected chi connectivity index (χ3v) is 5.06. The molecule has 6 nitrogen and oxygen atoms in total. The van der Waals surface area contributed by atoms with Gasteiger partial charge in [-0.05, 0) is 38.5 Å². The van der Waals surface area contributed by atoms with Gasteiger partial charge in [0.25, 0.3) is 0 Å². The van der Waals surface area contributed by atoms with Crippen molar-refractivity contribution in [2.75, 3.05) is 13.1 Å². The van der Waals surface area contributed by atoms with Gasteiger partial charge in [0.2, 0.25) is 17.7 Å². The van der Waals surface area contributed by atoms with Crippen molar-refractivity contribution in [2.45, 2.75) is 110 Å². The first-order chi connectivity index (χ1) is 14.5. The van der Waals surface area contributed by atoms with Crippen LogP contribution in [0.4, 0.5) is 0 Å². The van der Waals surface area contributed by atoms with E-state index in [2.05, 4.69) is 36.4 Å². The Morgan fingerprint density at radius 2 is 1.37 bits per heavy atom. The van der Waals surface area contributed by atoms with Crippen LogP contribution in [0.15, 0.2) is 12.7 Å². The van der Waals surface area contributed by atoms with Crippen LogP contribution in [-0.4, -0.2) is 36.9 Å². The third-order valence-electron chi connectivity index (χ3n) is 5.06. The largest absolute Gasteiger partial charge is 0.356 e. The number of unbranched alkanes of at least 4 members (excludes halogenated alkanes) is 8. The standard InChI is InChI=1S/C24H45N3O3/c1-4-7-10-11-12-13-14-15-16-23(29)27-21(24(30)26-20-9-6-3)17-18-22(28)25-19-8-5-2/h4,21H,1,5-20H2,2-3H3,(H,25,28)(H,26,30)(H,27,29)/t21-/m0/s1. The molecule has 0 aliphatic heterocycles. The fraction of sp³-hybridized carbons (Fsp3) is 0.792. The molecule has 0 saturated heterocycles. The fourth-order valence-corrected chi connectivity index (χ4v) is 3.10. The summed E-state index contributed by atoms with van der Waals surface area (Å²) in [7, 11) is 0. The molecule has 0 fully saturated rings. The van der Waals surface area contributed by atoms with Crippen LogP contribution >= 0.6 is 0 Å². The molecule has 1 atom stereocenters. The van der Waals surface area contributed by atoms with Gasteiger partial charge in [0.1, 0.15) is 6.04 Å². The maximum Gasteiger partial charge on any atom is 0.242 e. The average Bonchev–Trinajstić information content (AvgIpc) is 2.73. The molecule has 174 valence electrons. The maximum atomic E-state index is 12.5. The van der Waals surface area contributed by atoms with E-state index in [4.69, 9.17) is 0 Å². The molecule has 30 heavy (non-hydrogen) atoms. The highest BCUT2D eigenvalue weighted by molar-refractivity contribution is 5.88. The van der Waals surface area contributed by atoms with Gasteiger partial charge >= 0.3 is 0 Å². The molecule has 0 aliphatic carbocycles. The Labute approximate surface area is 184 Å². The zero-order chi connectivity index (χ0) is 22.5. The van der Waals surface area contributed by atoms with E-state index in [0.29, 0.717) is 25.9 Å². The summed E-state index contributed by atoms with van der Waals surface area (Å²) in [6.45, 7) is 9.11. The van der Waals surface area contributed by atoms with Crippen molar-refractivity contribution in [1.29, 1.82) is 0 Å². The molecule has 0 aromatic carbocycles. The second-order valence-electron chi connectivity index (χ2n) is 7.96. The minimum atomic E-state index is -0.648. The second kappa shape index (κ2) is 20.4. The Morgan fingerprint density at radius 3 is 2.00 bits per heavy atom. The van der Waals surface area contributed by atoms with Crippen LogP contribution in [0.25, 0.3) is 0 Å². The molecule has 0 aromatic rings. The Balaban J connectivity index is 4.29. The van der Waals surface area contributed by atoms with Crippen LogP contribution in [0.3, 0.4) is 0 Å². The monoisotopic (exact) mass is 423 g/mol. The van der Waals surface area contributed by atoms with Crippen LogP contribution < -0.4 is 16.0 Å². The van der Waals surface area contributed by atoms with Gasteiger partial charge in [-0.2, -0.15) is 0 Å². The highest BCUT2D eigenvalue weighted by Crippen LogP contribution is 2.09. The Hall–Kier alpha value is -1.85. The van der Waals surface area contributed by atoms with Gasteiger partial charge in [0, 0.05) is 25.9 Å². The number of hydrogen-bond donors (Lipinski definition) is 3. The molecule has 0 radical (unpaired) electrons. The molecular formula is C24H45N3O3. The summed E-state index contributed by atoms with van der Waals surface area (Å²) in [6.07, 6.45) is 14.4. The van der Waals surface area contributed by atoms with Crippen molar-refractivity contribution in [2.24, 2.45) is 0 Å². The fourth-order valence-electron chi connectivity index (χ4n) is 3.10. The van der Waals surface area contributed by atoms with Crippen molar-refractivity contribution in [3.8, 4) is 0 Å². The summed E-state index contributed by atoms with van der Waals surface area (Å²) >= 11 is 0. The molecule has 0 aliphatic rings. The molecule has 0 heterocycles. The quantitative estimate of drug-likeness (QED) is 0.200. The lowest BCUT2D eigenvalue weighted by Crippen LogP contribution is -2.47. The molecule has 0 unspecified atom stereocenters. The van der Waals surface area contributed by atoms with E-state index >= 15 is 0 Å². The summed E-state index contributed by atoms with van der Waals surface area (Å²) < 4.78 is 0. The van der Waals surface area contributed by atoms with E-state index in [1.54, 1.807) is 0 Å². The average molecular weight is 424 g/mol. The smallest absolute Gasteiger partial charge is 0.242 e. The minimum Gasteiger partial charge on any atom is -0.356 e. The highest BCUT2D eigenvalue weighted by Gasteiger charge is 2.21. The summed E-state index contributed by atoms with van der Waals surface area (Å²) in [4.78, 5) is 36.7. The van der Waals surface area contributed by atoms with Gasteiger partial charge in [-0.25, -0.2) is 0 Å². The van der Waals surface area contributed by atoms with Crippen molar-refractivity contribution >= 4 is 17.7 Å². The maximum absolute atomic E-state index is 12.5. The minimum absolute atomic E-state index is 0.0690. The van der Waals surface area contributed by atoms with Crippen molar-refractivity contribution in [1.82, 2.24) is 16.0 Å². The molecule has 3 amide bonds. The third kappa shape index (κ3) is 17.0. The van der Waals surface area contributed by atoms with Gasteiger partial charge in [-0.3, -0.25) is 14.4 Å². The number of nitrogens with one attached hydrogen (secondary N) is 3. The molecule has 3 N–H and O–H groups in total. The van der Waals surface area contributed by atoms with Crippen LogP contribution in [0.1, 0.15) is 104 Å². The summed E-state index contributed by atoms with van der Waals surface area (Å²) in [6, 6.07) is -0.648. The van der Waals surface area contributed by atoms with E-state index in [-0.39, 0.29) is 24.1 Å². The number of amides is 3. The Bertz CT molecular complexity index is 480. The SMILES string of the molecule is C=CCCCCCCCCC(=O)N[C@@H](CCC(=O)NCCCC)C(=O)NCCCC. The van der Waals surface area contributed by atoms with Gasteiger partial charge < -0.3 is 16.0 Å². The molecule has 0 aromatic heterocycles. The van der Waals surface area contributed by atoms with E-state index in [1.165, 1.54) is 19.3 Å². The molecule has 6 heteroatoms. The second-order valence-corrected chi connectivity index (χ2v) is 7.96. The first-order valence-corrected chi connectivity index (χ1v) is 12.0. The van der Waals surface area contributed by atoms with Crippen LogP contribution in [0.5, 0.6) is 0 Å². The summed E-state index contributed by atoms with van der Waals surface area (Å²) in [5, 5.41) is 8.58. The lowest BCUT2D eigenvalue weighted by molar-refractivity contribution is -0.129. The van der Waals surface area contributed by atoms with Crippen LogP contribution in [0.2, 0.25) is 0 Å². The zero-order valence-corrected chi connectivity index (χ0v) is 19.4. The number of carbonyl (C=O) groups is 3. The number of allylic oxidation sites excluding steroid dienone is 1. The summed E-state index contributed by atoms with van der Waals surface area (Å²) in [5.74, 6) is -0.371. The Morgan fingerprint density at radius 1 is 0.767 bits per heavy atom. The molecule has 0 spiro atoms. The first kappa shape index (κ1) is 28.1. The van der Waals surface area contributed by atoms with Crippen molar-refractivity contribution in [3.63, 3.8) is 0 Å². The Kier molecular flexibility index (Phi) is 19.2. The van der Waals surface area contributed by atoms with E-state index in [0.717, 1.165) is 51.4 Å². The normalized spacial score (nSPS) is 11.5. The molecule has 0 rings (SSSR count). The lowest BCUT2D eigenvalue weighted by atomic mass is 10.1. The highest BCUT2D eigenvalue weighted by atomic mass is 16.2. The van der Waals surface area contributed by atoms with E-state index < -0.39 is 6.04 Å². The van der Waals surface area contributed by atoms with E-state index in [1.807, 2.05) is 6.08 Å². The predicted molar refractivity (Wildman–Crippen MR) is 124 cm³/mol. The van der Waals surface area contributed by atoms with Gasteiger partial charge in [-0.15, -0.1) is 6.58 Å². The van der Waals surface area contributed by atoms with Gasteiger partial charge in [0.05, 0.1) is 0 Å². The summed E-state index contributed by atoms with van der Waals surface area (Å²) in [5.41, 5.74) is 0. The molecule has 0 bridgehead atoms. The number of carbonyl (C=O) groups excluding carboxylic acids is 3. The lowest BCUT2D eigenvalue weighted by Gasteiger charge is -2.18. The van der Waals surface area contributed by atoms with Crippen LogP contribution in [-0.2, 0) is 14.4 Å². The first-order valence-electron chi connectivity index (χ1n) is 12.0. The van der Waals surface area contributed by atoms with Gasteiger partial charge in [-0.1, -0.05) is 58.4 Å². The zero-order valence-electron chi connectivity index (χ0n) is 19.4. The predicted octanol–water partition coefficient (Wildman–Crippen LogP) is 4.39. The number of hydrogen-bond acceptors (Lipinski definition) is 3. The van der Waals surface area contributed by atoms with Crippen LogP contribution in [0, 0.1) is 0 Å². The molecular weight excluding hydrogens is 378 g/mol. The van der Waals surface area contributed by atoms with Crippen molar-refractivity contribution in [3.05, 3.63) is 12.7 Å². The van der Waals surface area contributed by atoms with Gasteiger partial charge in [0.15, 0.2) is 0 Å².